The Morgan fingerprint density at radius 2 is 1.57 bits per heavy atom. The fourth-order valence-corrected chi connectivity index (χ4v) is 9.99. The highest BCUT2D eigenvalue weighted by Crippen LogP contribution is 2.42. The van der Waals surface area contributed by atoms with Gasteiger partial charge in [0.15, 0.2) is 5.84 Å². The number of amidine groups is 2. The van der Waals surface area contributed by atoms with Crippen molar-refractivity contribution in [2.75, 3.05) is 0 Å². The van der Waals surface area contributed by atoms with E-state index in [4.69, 9.17) is 9.98 Å². The Hall–Kier alpha value is -4.50. The second-order valence-corrected chi connectivity index (χ2v) is 16.3. The Kier molecular flexibility index (Phi) is 10.0. The second kappa shape index (κ2) is 15.5. The lowest BCUT2D eigenvalue weighted by Gasteiger charge is -2.32. The topological polar surface area (TPSA) is 36.8 Å². The molecule has 3 nitrogen and oxygen atoms in total. The predicted octanol–water partition coefficient (Wildman–Crippen LogP) is 12.9. The molecule has 0 amide bonds. The van der Waals surface area contributed by atoms with Crippen LogP contribution < -0.4 is 5.32 Å². The second-order valence-electron chi connectivity index (χ2n) is 16.3. The molecule has 0 saturated heterocycles. The molecule has 1 aliphatic heterocycles. The molecule has 1 heterocycles. The third-order valence-corrected chi connectivity index (χ3v) is 13.0. The minimum absolute atomic E-state index is 0.167. The van der Waals surface area contributed by atoms with E-state index in [1.54, 1.807) is 11.1 Å². The lowest BCUT2D eigenvalue weighted by Crippen LogP contribution is -2.38. The summed E-state index contributed by atoms with van der Waals surface area (Å²) in [5.41, 5.74) is 15.9. The van der Waals surface area contributed by atoms with Gasteiger partial charge in [-0.15, -0.1) is 0 Å². The zero-order chi connectivity index (χ0) is 35.6. The van der Waals surface area contributed by atoms with Gasteiger partial charge in [-0.05, 0) is 159 Å². The average molecular weight is 698 g/mol. The van der Waals surface area contributed by atoms with E-state index < -0.39 is 0 Å². The van der Waals surface area contributed by atoms with Crippen LogP contribution in [0.5, 0.6) is 0 Å². The predicted molar refractivity (Wildman–Crippen MR) is 223 cm³/mol. The van der Waals surface area contributed by atoms with Crippen molar-refractivity contribution in [2.24, 2.45) is 15.9 Å². The van der Waals surface area contributed by atoms with Crippen molar-refractivity contribution in [3.8, 4) is 0 Å². The van der Waals surface area contributed by atoms with Gasteiger partial charge in [0.25, 0.3) is 0 Å². The number of hydrogen-bond donors (Lipinski definition) is 1. The number of allylic oxidation sites excluding steroid dienone is 16. The molecule has 4 unspecified atom stereocenters. The van der Waals surface area contributed by atoms with Gasteiger partial charge in [-0.25, -0.2) is 9.98 Å². The zero-order valence-corrected chi connectivity index (χ0v) is 31.6. The van der Waals surface area contributed by atoms with Gasteiger partial charge in [0.2, 0.25) is 0 Å². The molecule has 1 N–H and O–H groups in total. The van der Waals surface area contributed by atoms with E-state index in [0.29, 0.717) is 17.8 Å². The average Bonchev–Trinajstić information content (AvgIpc) is 3.24. The lowest BCUT2D eigenvalue weighted by molar-refractivity contribution is 0.555. The van der Waals surface area contributed by atoms with Crippen molar-refractivity contribution in [1.29, 1.82) is 0 Å². The Morgan fingerprint density at radius 1 is 0.679 bits per heavy atom. The SMILES string of the molecule is Cc1c(C2=CC3=C(CCCC3)CC2)ccc(C2=NC(c3ccc(C4CC=CCC4)cc3)NC(C3CC=C(C4=CCCC=C4)CC3)=N2)c1C1C=CC=CC1. The van der Waals surface area contributed by atoms with Crippen molar-refractivity contribution in [3.63, 3.8) is 0 Å². The van der Waals surface area contributed by atoms with Crippen molar-refractivity contribution >= 4 is 17.2 Å². The molecule has 4 atom stereocenters. The van der Waals surface area contributed by atoms with Gasteiger partial charge in [0, 0.05) is 17.4 Å². The molecule has 53 heavy (non-hydrogen) atoms. The summed E-state index contributed by atoms with van der Waals surface area (Å²) in [6.45, 7) is 2.37. The van der Waals surface area contributed by atoms with Gasteiger partial charge >= 0.3 is 0 Å². The van der Waals surface area contributed by atoms with Gasteiger partial charge in [0.1, 0.15) is 12.0 Å². The Balaban J connectivity index is 1.10. The third kappa shape index (κ3) is 7.25. The van der Waals surface area contributed by atoms with Crippen LogP contribution in [0.1, 0.15) is 148 Å². The van der Waals surface area contributed by atoms with Gasteiger partial charge in [-0.2, -0.15) is 0 Å². The molecule has 2 aromatic carbocycles. The van der Waals surface area contributed by atoms with Gasteiger partial charge in [-0.1, -0.05) is 109 Å². The van der Waals surface area contributed by atoms with Crippen LogP contribution in [0.15, 0.2) is 136 Å². The molecule has 3 heteroatoms. The molecule has 0 saturated carbocycles. The molecular formula is C50H55N3. The van der Waals surface area contributed by atoms with Crippen LogP contribution in [-0.2, 0) is 0 Å². The van der Waals surface area contributed by atoms with Crippen molar-refractivity contribution in [2.45, 2.75) is 121 Å². The van der Waals surface area contributed by atoms with Crippen LogP contribution in [0.2, 0.25) is 0 Å². The van der Waals surface area contributed by atoms with Crippen LogP contribution in [0.4, 0.5) is 0 Å². The standard InChI is InChI=1S/C50H55N3/c1-34-45(44-30-25-37-17-11-12-20-43(37)33-44)31-32-46(47(34)40-18-9-4-10-19-40)50-52-48(41-26-21-38(22-27-41)35-13-5-2-6-14-35)51-49(53-50)42-28-23-39(24-29-42)36-15-7-3-8-16-36/h2,4-5,7,9-10,15-16,18,21-23,26-27,31-33,35,40,42,48H,3,6,8,11-14,17,19-20,24-25,28-30H2,1H3,(H,51,52,53). The summed E-state index contributed by atoms with van der Waals surface area (Å²) >= 11 is 0. The Labute approximate surface area is 317 Å². The number of nitrogens with zero attached hydrogens (tertiary/aromatic N) is 2. The first-order chi connectivity index (χ1) is 26.2. The molecule has 0 spiro atoms. The normalized spacial score (nSPS) is 26.9. The maximum absolute atomic E-state index is 5.50. The lowest BCUT2D eigenvalue weighted by atomic mass is 9.78. The number of benzene rings is 2. The first kappa shape index (κ1) is 34.3. The molecule has 0 aromatic heterocycles. The Bertz CT molecular complexity index is 2050. The highest BCUT2D eigenvalue weighted by Gasteiger charge is 2.30. The summed E-state index contributed by atoms with van der Waals surface area (Å²) in [6, 6.07) is 14.1. The van der Waals surface area contributed by atoms with Crippen molar-refractivity contribution in [1.82, 2.24) is 5.32 Å². The van der Waals surface area contributed by atoms with Crippen LogP contribution in [0, 0.1) is 12.8 Å². The summed E-state index contributed by atoms with van der Waals surface area (Å²) in [7, 11) is 0. The van der Waals surface area contributed by atoms with E-state index in [-0.39, 0.29) is 6.17 Å². The number of hydrogen-bond acceptors (Lipinski definition) is 3. The minimum Gasteiger partial charge on any atom is -0.348 e. The molecule has 0 bridgehead atoms. The quantitative estimate of drug-likeness (QED) is 0.287. The maximum atomic E-state index is 5.50. The van der Waals surface area contributed by atoms with Crippen LogP contribution >= 0.6 is 0 Å². The first-order valence-electron chi connectivity index (χ1n) is 20.8. The van der Waals surface area contributed by atoms with Gasteiger partial charge in [0.05, 0.1) is 0 Å². The summed E-state index contributed by atoms with van der Waals surface area (Å²) in [5, 5.41) is 3.89. The summed E-state index contributed by atoms with van der Waals surface area (Å²) in [6.07, 6.45) is 43.5. The molecule has 0 fully saturated rings. The van der Waals surface area contributed by atoms with Gasteiger partial charge < -0.3 is 5.32 Å². The monoisotopic (exact) mass is 697 g/mol. The Morgan fingerprint density at radius 3 is 2.36 bits per heavy atom. The van der Waals surface area contributed by atoms with E-state index in [1.807, 2.05) is 0 Å². The van der Waals surface area contributed by atoms with E-state index in [9.17, 15) is 0 Å². The third-order valence-electron chi connectivity index (χ3n) is 13.0. The van der Waals surface area contributed by atoms with Crippen LogP contribution in [-0.4, -0.2) is 11.7 Å². The van der Waals surface area contributed by atoms with Crippen molar-refractivity contribution in [3.05, 3.63) is 159 Å². The van der Waals surface area contributed by atoms with Crippen LogP contribution in [0.3, 0.4) is 0 Å². The maximum Gasteiger partial charge on any atom is 0.159 e. The number of nitrogens with one attached hydrogen (secondary N) is 1. The number of rotatable bonds is 7. The fourth-order valence-electron chi connectivity index (χ4n) is 9.99. The van der Waals surface area contributed by atoms with Gasteiger partial charge in [-0.3, -0.25) is 0 Å². The zero-order valence-electron chi connectivity index (χ0n) is 31.6. The smallest absolute Gasteiger partial charge is 0.159 e. The molecule has 0 radical (unpaired) electrons. The molecule has 6 aliphatic carbocycles. The molecular weight excluding hydrogens is 643 g/mol. The molecule has 2 aromatic rings. The molecule has 9 rings (SSSR count). The molecule has 270 valence electrons. The van der Waals surface area contributed by atoms with E-state index in [2.05, 4.69) is 115 Å². The number of aliphatic imine (C=N–C) groups is 2. The van der Waals surface area contributed by atoms with E-state index >= 15 is 0 Å². The summed E-state index contributed by atoms with van der Waals surface area (Å²) in [4.78, 5) is 11.0. The molecule has 7 aliphatic rings. The highest BCUT2D eigenvalue weighted by molar-refractivity contribution is 6.10. The summed E-state index contributed by atoms with van der Waals surface area (Å²) in [5.74, 6) is 3.26. The van der Waals surface area contributed by atoms with E-state index in [0.717, 1.165) is 63.0 Å². The van der Waals surface area contributed by atoms with Crippen molar-refractivity contribution < 1.29 is 0 Å². The minimum atomic E-state index is -0.167. The fraction of sp³-hybridized carbons (Fsp3) is 0.400. The van der Waals surface area contributed by atoms with Crippen LogP contribution in [0.25, 0.3) is 5.57 Å². The largest absolute Gasteiger partial charge is 0.348 e. The highest BCUT2D eigenvalue weighted by atomic mass is 15.2. The first-order valence-corrected chi connectivity index (χ1v) is 20.8. The van der Waals surface area contributed by atoms with E-state index in [1.165, 1.54) is 95.0 Å². The summed E-state index contributed by atoms with van der Waals surface area (Å²) < 4.78 is 0.